The van der Waals surface area contributed by atoms with Crippen LogP contribution in [-0.4, -0.2) is 51.3 Å². The van der Waals surface area contributed by atoms with Crippen LogP contribution in [-0.2, 0) is 20.9 Å². The molecular formula is C29H27N3O5. The fourth-order valence-electron chi connectivity index (χ4n) is 4.66. The zero-order valence-electron chi connectivity index (χ0n) is 20.6. The third-order valence-corrected chi connectivity index (χ3v) is 6.45. The molecule has 1 atom stereocenters. The largest absolute Gasteiger partial charge is 0.505 e. The molecule has 0 radical (unpaired) electrons. The molecule has 3 heterocycles. The number of likely N-dealkylation sites (tertiary alicyclic amines) is 1. The Hall–Kier alpha value is -4.43. The van der Waals surface area contributed by atoms with Crippen molar-refractivity contribution in [2.24, 2.45) is 0 Å². The number of benzene rings is 2. The van der Waals surface area contributed by atoms with Crippen molar-refractivity contribution in [1.29, 1.82) is 0 Å². The maximum Gasteiger partial charge on any atom is 0.295 e. The second-order valence-corrected chi connectivity index (χ2v) is 8.80. The quantitative estimate of drug-likeness (QED) is 0.222. The van der Waals surface area contributed by atoms with E-state index in [0.717, 1.165) is 5.56 Å². The van der Waals surface area contributed by atoms with Gasteiger partial charge in [-0.2, -0.15) is 0 Å². The Bertz CT molecular complexity index is 1470. The monoisotopic (exact) mass is 497 g/mol. The van der Waals surface area contributed by atoms with Crippen LogP contribution in [0.4, 0.5) is 0 Å². The highest BCUT2D eigenvalue weighted by Gasteiger charge is 2.46. The van der Waals surface area contributed by atoms with Crippen molar-refractivity contribution in [3.63, 3.8) is 0 Å². The third kappa shape index (κ3) is 4.59. The number of carbonyl (C=O) groups is 2. The van der Waals surface area contributed by atoms with E-state index in [2.05, 4.69) is 4.98 Å². The lowest BCUT2D eigenvalue weighted by Crippen LogP contribution is -2.32. The van der Waals surface area contributed by atoms with E-state index in [9.17, 15) is 14.7 Å². The number of hydrogen-bond donors (Lipinski definition) is 1. The molecule has 8 nitrogen and oxygen atoms in total. The molecule has 1 aliphatic heterocycles. The van der Waals surface area contributed by atoms with E-state index in [1.54, 1.807) is 29.7 Å². The van der Waals surface area contributed by atoms with Crippen LogP contribution in [0.1, 0.15) is 28.6 Å². The number of amides is 1. The molecule has 188 valence electrons. The number of fused-ring (bicyclic) bond motifs is 1. The summed E-state index contributed by atoms with van der Waals surface area (Å²) in [5, 5.41) is 11.5. The van der Waals surface area contributed by atoms with Crippen LogP contribution >= 0.6 is 0 Å². The first kappa shape index (κ1) is 24.3. The molecular weight excluding hydrogens is 470 g/mol. The lowest BCUT2D eigenvalue weighted by Gasteiger charge is -2.25. The molecule has 0 spiro atoms. The number of ether oxygens (including phenoxy) is 2. The first-order valence-corrected chi connectivity index (χ1v) is 12.0. The first-order valence-electron chi connectivity index (χ1n) is 12.0. The van der Waals surface area contributed by atoms with Gasteiger partial charge in [-0.1, -0.05) is 48.5 Å². The van der Waals surface area contributed by atoms with E-state index >= 15 is 0 Å². The minimum absolute atomic E-state index is 0.0211. The zero-order chi connectivity index (χ0) is 25.9. The third-order valence-electron chi connectivity index (χ3n) is 6.45. The Morgan fingerprint density at radius 2 is 1.73 bits per heavy atom. The summed E-state index contributed by atoms with van der Waals surface area (Å²) in [6.45, 7) is 2.62. The van der Waals surface area contributed by atoms with Crippen molar-refractivity contribution in [3.05, 3.63) is 107 Å². The van der Waals surface area contributed by atoms with Crippen LogP contribution in [0.5, 0.6) is 5.75 Å². The molecule has 0 aliphatic carbocycles. The van der Waals surface area contributed by atoms with Crippen molar-refractivity contribution < 1.29 is 24.2 Å². The molecule has 1 aliphatic rings. The zero-order valence-corrected chi connectivity index (χ0v) is 20.6. The molecule has 0 saturated carbocycles. The van der Waals surface area contributed by atoms with Crippen LogP contribution in [0, 0.1) is 6.92 Å². The number of aromatic nitrogens is 2. The van der Waals surface area contributed by atoms with Gasteiger partial charge in [0.25, 0.3) is 11.7 Å². The number of aliphatic hydroxyl groups is 1. The second-order valence-electron chi connectivity index (χ2n) is 8.80. The van der Waals surface area contributed by atoms with Gasteiger partial charge in [0.2, 0.25) is 0 Å². The average Bonchev–Trinajstić information content (AvgIpc) is 3.39. The highest BCUT2D eigenvalue weighted by atomic mass is 16.5. The molecule has 1 N–H and O–H groups in total. The summed E-state index contributed by atoms with van der Waals surface area (Å²) < 4.78 is 12.8. The molecule has 1 fully saturated rings. The fourth-order valence-corrected chi connectivity index (χ4v) is 4.66. The van der Waals surface area contributed by atoms with Gasteiger partial charge < -0.3 is 19.5 Å². The topological polar surface area (TPSA) is 93.4 Å². The number of hydrogen-bond acceptors (Lipinski definition) is 6. The van der Waals surface area contributed by atoms with Gasteiger partial charge in [-0.15, -0.1) is 0 Å². The predicted molar refractivity (Wildman–Crippen MR) is 138 cm³/mol. The Balaban J connectivity index is 1.54. The Kier molecular flexibility index (Phi) is 6.74. The summed E-state index contributed by atoms with van der Waals surface area (Å²) in [4.78, 5) is 32.3. The Labute approximate surface area is 214 Å². The van der Waals surface area contributed by atoms with Gasteiger partial charge >= 0.3 is 0 Å². The summed E-state index contributed by atoms with van der Waals surface area (Å²) >= 11 is 0. The summed E-state index contributed by atoms with van der Waals surface area (Å²) in [5.74, 6) is -1.03. The average molecular weight is 498 g/mol. The standard InChI is InChI=1S/C29H27N3O5/c1-19-25(31-15-7-6-10-23(31)30-19)27(33)24-26(32(16-17-36-2)29(35)28(24)34)21-11-13-22(14-12-21)37-18-20-8-4-3-5-9-20/h3-15,26,33H,16-18H2,1-2H3. The van der Waals surface area contributed by atoms with Crippen LogP contribution in [0.25, 0.3) is 11.4 Å². The summed E-state index contributed by atoms with van der Waals surface area (Å²) in [6.07, 6.45) is 1.76. The summed E-state index contributed by atoms with van der Waals surface area (Å²) in [5.41, 5.74) is 3.31. The van der Waals surface area contributed by atoms with E-state index in [1.807, 2.05) is 60.7 Å². The SMILES string of the molecule is COCCN1C(=O)C(=O)C(=C(O)c2c(C)nc3ccccn23)C1c1ccc(OCc2ccccc2)cc1. The number of rotatable bonds is 8. The molecule has 5 rings (SSSR count). The minimum atomic E-state index is -0.785. The highest BCUT2D eigenvalue weighted by molar-refractivity contribution is 6.46. The molecule has 1 saturated heterocycles. The molecule has 8 heteroatoms. The van der Waals surface area contributed by atoms with Crippen molar-refractivity contribution in [3.8, 4) is 5.75 Å². The van der Waals surface area contributed by atoms with Crippen molar-refractivity contribution in [2.45, 2.75) is 19.6 Å². The molecule has 2 aromatic heterocycles. The lowest BCUT2D eigenvalue weighted by molar-refractivity contribution is -0.140. The minimum Gasteiger partial charge on any atom is -0.505 e. The number of pyridine rings is 1. The number of aryl methyl sites for hydroxylation is 1. The molecule has 1 amide bonds. The van der Waals surface area contributed by atoms with Gasteiger partial charge in [0, 0.05) is 19.9 Å². The first-order chi connectivity index (χ1) is 18.0. The maximum atomic E-state index is 13.3. The van der Waals surface area contributed by atoms with Gasteiger partial charge in [0.15, 0.2) is 5.76 Å². The fraction of sp³-hybridized carbons (Fsp3) is 0.207. The van der Waals surface area contributed by atoms with Crippen LogP contribution in [0.3, 0.4) is 0 Å². The molecule has 4 aromatic rings. The number of methoxy groups -OCH3 is 1. The number of Topliss-reactive ketones (excluding diaryl/α,β-unsaturated/α-hetero) is 1. The van der Waals surface area contributed by atoms with Crippen molar-refractivity contribution in [2.75, 3.05) is 20.3 Å². The predicted octanol–water partition coefficient (Wildman–Crippen LogP) is 4.29. The van der Waals surface area contributed by atoms with Crippen molar-refractivity contribution >= 4 is 23.1 Å². The molecule has 2 aromatic carbocycles. The van der Waals surface area contributed by atoms with E-state index < -0.39 is 17.7 Å². The summed E-state index contributed by atoms with van der Waals surface area (Å²) in [7, 11) is 1.53. The van der Waals surface area contributed by atoms with Gasteiger partial charge in [0.05, 0.1) is 23.9 Å². The molecule has 0 bridgehead atoms. The second kappa shape index (κ2) is 10.3. The van der Waals surface area contributed by atoms with E-state index in [0.29, 0.717) is 35.0 Å². The van der Waals surface area contributed by atoms with Gasteiger partial charge in [0.1, 0.15) is 23.7 Å². The number of imidazole rings is 1. The van der Waals surface area contributed by atoms with E-state index in [4.69, 9.17) is 9.47 Å². The lowest BCUT2D eigenvalue weighted by atomic mass is 9.96. The molecule has 37 heavy (non-hydrogen) atoms. The van der Waals surface area contributed by atoms with E-state index in [1.165, 1.54) is 12.0 Å². The maximum absolute atomic E-state index is 13.3. The summed E-state index contributed by atoms with van der Waals surface area (Å²) in [6, 6.07) is 21.7. The van der Waals surface area contributed by atoms with Gasteiger partial charge in [-0.3, -0.25) is 14.0 Å². The Morgan fingerprint density at radius 3 is 2.46 bits per heavy atom. The highest BCUT2D eigenvalue weighted by Crippen LogP contribution is 2.40. The number of ketones is 1. The van der Waals surface area contributed by atoms with Crippen molar-refractivity contribution in [1.82, 2.24) is 14.3 Å². The molecule has 1 unspecified atom stereocenters. The Morgan fingerprint density at radius 1 is 1.00 bits per heavy atom. The number of nitrogens with zero attached hydrogens (tertiary/aromatic N) is 3. The van der Waals surface area contributed by atoms with Crippen LogP contribution < -0.4 is 4.74 Å². The van der Waals surface area contributed by atoms with Crippen LogP contribution in [0.2, 0.25) is 0 Å². The number of carbonyl (C=O) groups excluding carboxylic acids is 2. The van der Waals surface area contributed by atoms with E-state index in [-0.39, 0.29) is 24.5 Å². The van der Waals surface area contributed by atoms with Crippen LogP contribution in [0.15, 0.2) is 84.6 Å². The van der Waals surface area contributed by atoms with Gasteiger partial charge in [-0.25, -0.2) is 4.98 Å². The van der Waals surface area contributed by atoms with Gasteiger partial charge in [-0.05, 0) is 42.3 Å². The smallest absolute Gasteiger partial charge is 0.295 e. The number of aliphatic hydroxyl groups excluding tert-OH is 1. The normalized spacial score (nSPS) is 17.0.